The zero-order valence-electron chi connectivity index (χ0n) is 13.2. The minimum atomic E-state index is -3.31. The van der Waals surface area contributed by atoms with E-state index in [0.717, 1.165) is 5.56 Å². The van der Waals surface area contributed by atoms with Gasteiger partial charge in [-0.25, -0.2) is 8.42 Å². The Morgan fingerprint density at radius 2 is 1.90 bits per heavy atom. The van der Waals surface area contributed by atoms with Crippen molar-refractivity contribution in [2.24, 2.45) is 0 Å². The lowest BCUT2D eigenvalue weighted by Gasteiger charge is -2.21. The van der Waals surface area contributed by atoms with E-state index in [9.17, 15) is 13.2 Å². The molecule has 0 N–H and O–H groups in total. The molecule has 0 radical (unpaired) electrons. The third-order valence-electron chi connectivity index (χ3n) is 2.82. The quantitative estimate of drug-likeness (QED) is 0.783. The molecule has 1 aromatic rings. The van der Waals surface area contributed by atoms with Crippen LogP contribution >= 0.6 is 0 Å². The molecule has 0 aromatic heterocycles. The highest BCUT2D eigenvalue weighted by atomic mass is 32.2. The summed E-state index contributed by atoms with van der Waals surface area (Å²) in [5, 5.41) is 0. The Hall–Kier alpha value is -1.56. The fourth-order valence-corrected chi connectivity index (χ4v) is 2.58. The number of carbonyl (C=O) groups excluding carboxylic acids is 1. The maximum atomic E-state index is 11.9. The molecule has 21 heavy (non-hydrogen) atoms. The van der Waals surface area contributed by atoms with Crippen LogP contribution in [-0.2, 0) is 26.0 Å². The normalized spacial score (nSPS) is 12.0. The van der Waals surface area contributed by atoms with Crippen LogP contribution in [0.4, 0.5) is 5.69 Å². The summed E-state index contributed by atoms with van der Waals surface area (Å²) in [5.74, 6) is -0.305. The van der Waals surface area contributed by atoms with Gasteiger partial charge in [-0.2, -0.15) is 0 Å². The zero-order valence-corrected chi connectivity index (χ0v) is 14.0. The Morgan fingerprint density at radius 3 is 2.43 bits per heavy atom. The lowest BCUT2D eigenvalue weighted by Crippen LogP contribution is -2.28. The number of rotatable bonds is 5. The van der Waals surface area contributed by atoms with Crippen LogP contribution in [0.3, 0.4) is 0 Å². The minimum Gasteiger partial charge on any atom is -0.460 e. The van der Waals surface area contributed by atoms with Gasteiger partial charge < -0.3 is 4.74 Å². The van der Waals surface area contributed by atoms with Gasteiger partial charge in [-0.3, -0.25) is 9.10 Å². The summed E-state index contributed by atoms with van der Waals surface area (Å²) in [4.78, 5) is 11.8. The molecule has 118 valence electrons. The molecule has 0 atom stereocenters. The largest absolute Gasteiger partial charge is 0.460 e. The van der Waals surface area contributed by atoms with Crippen molar-refractivity contribution in [1.29, 1.82) is 0 Å². The van der Waals surface area contributed by atoms with Gasteiger partial charge in [-0.05, 0) is 45.4 Å². The molecular formula is C15H23NO4S. The second-order valence-corrected chi connectivity index (χ2v) is 8.09. The fourth-order valence-electron chi connectivity index (χ4n) is 1.76. The van der Waals surface area contributed by atoms with Gasteiger partial charge >= 0.3 is 5.97 Å². The van der Waals surface area contributed by atoms with Crippen LogP contribution in [0.2, 0.25) is 0 Å². The maximum absolute atomic E-state index is 11.9. The predicted molar refractivity (Wildman–Crippen MR) is 83.9 cm³/mol. The molecule has 5 nitrogen and oxygen atoms in total. The second-order valence-electron chi connectivity index (χ2n) is 5.80. The molecule has 0 aliphatic heterocycles. The van der Waals surface area contributed by atoms with E-state index in [2.05, 4.69) is 0 Å². The van der Waals surface area contributed by atoms with Crippen molar-refractivity contribution in [2.75, 3.05) is 17.1 Å². The average molecular weight is 313 g/mol. The number of esters is 1. The topological polar surface area (TPSA) is 63.7 Å². The van der Waals surface area contributed by atoms with Crippen molar-refractivity contribution in [2.45, 2.75) is 39.7 Å². The van der Waals surface area contributed by atoms with E-state index in [1.807, 2.05) is 20.8 Å². The van der Waals surface area contributed by atoms with E-state index in [1.165, 1.54) is 11.4 Å². The molecule has 1 rings (SSSR count). The summed E-state index contributed by atoms with van der Waals surface area (Å²) in [6, 6.07) is 6.90. The first kappa shape index (κ1) is 17.5. The van der Waals surface area contributed by atoms with Crippen molar-refractivity contribution >= 4 is 21.7 Å². The van der Waals surface area contributed by atoms with Crippen molar-refractivity contribution < 1.29 is 17.9 Å². The van der Waals surface area contributed by atoms with Gasteiger partial charge in [0.05, 0.1) is 17.9 Å². The molecule has 0 heterocycles. The summed E-state index contributed by atoms with van der Waals surface area (Å²) >= 11 is 0. The Labute approximate surface area is 127 Å². The summed E-state index contributed by atoms with van der Waals surface area (Å²) in [5.41, 5.74) is 0.731. The molecule has 0 saturated heterocycles. The lowest BCUT2D eigenvalue weighted by atomic mass is 10.1. The number of anilines is 1. The van der Waals surface area contributed by atoms with Crippen LogP contribution in [0, 0.1) is 0 Å². The first-order chi connectivity index (χ1) is 9.55. The molecule has 0 amide bonds. The lowest BCUT2D eigenvalue weighted by molar-refractivity contribution is -0.153. The van der Waals surface area contributed by atoms with Crippen molar-refractivity contribution in [3.8, 4) is 0 Å². The van der Waals surface area contributed by atoms with Gasteiger partial charge in [-0.15, -0.1) is 0 Å². The third kappa shape index (κ3) is 5.38. The highest BCUT2D eigenvalue weighted by Crippen LogP contribution is 2.19. The Balaban J connectivity index is 2.89. The number of nitrogens with zero attached hydrogens (tertiary/aromatic N) is 1. The van der Waals surface area contributed by atoms with E-state index in [1.54, 1.807) is 31.2 Å². The molecule has 0 unspecified atom stereocenters. The van der Waals surface area contributed by atoms with Crippen LogP contribution in [-0.4, -0.2) is 32.8 Å². The van der Waals surface area contributed by atoms with Gasteiger partial charge in [-0.1, -0.05) is 12.1 Å². The monoisotopic (exact) mass is 313 g/mol. The van der Waals surface area contributed by atoms with Gasteiger partial charge in [0, 0.05) is 7.05 Å². The maximum Gasteiger partial charge on any atom is 0.310 e. The number of hydrogen-bond acceptors (Lipinski definition) is 4. The fraction of sp³-hybridized carbons (Fsp3) is 0.533. The first-order valence-electron chi connectivity index (χ1n) is 6.82. The van der Waals surface area contributed by atoms with Gasteiger partial charge in [0.15, 0.2) is 0 Å². The van der Waals surface area contributed by atoms with E-state index in [-0.39, 0.29) is 18.1 Å². The summed E-state index contributed by atoms with van der Waals surface area (Å²) in [6.07, 6.45) is 0.116. The number of sulfonamides is 1. The molecule has 0 bridgehead atoms. The smallest absolute Gasteiger partial charge is 0.310 e. The van der Waals surface area contributed by atoms with Crippen LogP contribution in [0.25, 0.3) is 0 Å². The van der Waals surface area contributed by atoms with Crippen molar-refractivity contribution in [3.63, 3.8) is 0 Å². The third-order valence-corrected chi connectivity index (χ3v) is 4.60. The van der Waals surface area contributed by atoms with E-state index < -0.39 is 15.6 Å². The van der Waals surface area contributed by atoms with Crippen LogP contribution in [0.1, 0.15) is 33.3 Å². The Kier molecular flexibility index (Phi) is 5.39. The molecule has 0 aliphatic carbocycles. The van der Waals surface area contributed by atoms with Crippen LogP contribution in [0.15, 0.2) is 24.3 Å². The molecule has 0 spiro atoms. The number of ether oxygens (including phenoxy) is 1. The molecular weight excluding hydrogens is 290 g/mol. The van der Waals surface area contributed by atoms with Crippen LogP contribution in [0.5, 0.6) is 0 Å². The van der Waals surface area contributed by atoms with E-state index in [0.29, 0.717) is 5.69 Å². The second kappa shape index (κ2) is 6.47. The van der Waals surface area contributed by atoms with E-state index in [4.69, 9.17) is 4.74 Å². The van der Waals surface area contributed by atoms with Gasteiger partial charge in [0.2, 0.25) is 10.0 Å². The van der Waals surface area contributed by atoms with Crippen molar-refractivity contribution in [1.82, 2.24) is 0 Å². The Morgan fingerprint density at radius 1 is 1.29 bits per heavy atom. The summed E-state index contributed by atoms with van der Waals surface area (Å²) in [6.45, 7) is 7.02. The molecule has 1 aromatic carbocycles. The zero-order chi connectivity index (χ0) is 16.3. The van der Waals surface area contributed by atoms with Gasteiger partial charge in [0.1, 0.15) is 5.60 Å². The SMILES string of the molecule is CCS(=O)(=O)N(C)c1cccc(CC(=O)OC(C)(C)C)c1. The average Bonchev–Trinajstić information content (AvgIpc) is 2.35. The van der Waals surface area contributed by atoms with Crippen molar-refractivity contribution in [3.05, 3.63) is 29.8 Å². The Bertz CT molecular complexity index is 602. The molecule has 6 heteroatoms. The molecule has 0 fully saturated rings. The highest BCUT2D eigenvalue weighted by molar-refractivity contribution is 7.92. The minimum absolute atomic E-state index is 0.0276. The predicted octanol–water partition coefficient (Wildman–Crippen LogP) is 2.36. The standard InChI is InChI=1S/C15H23NO4S/c1-6-21(18,19)16(5)13-9-7-8-12(10-13)11-14(17)20-15(2,3)4/h7-10H,6,11H2,1-5H3. The highest BCUT2D eigenvalue weighted by Gasteiger charge is 2.18. The number of hydrogen-bond donors (Lipinski definition) is 0. The van der Waals surface area contributed by atoms with E-state index >= 15 is 0 Å². The number of carbonyl (C=O) groups is 1. The van der Waals surface area contributed by atoms with Crippen LogP contribution < -0.4 is 4.31 Å². The number of benzene rings is 1. The summed E-state index contributed by atoms with van der Waals surface area (Å²) < 4.78 is 30.2. The van der Waals surface area contributed by atoms with Gasteiger partial charge in [0.25, 0.3) is 0 Å². The molecule has 0 saturated carbocycles. The first-order valence-corrected chi connectivity index (χ1v) is 8.43. The molecule has 0 aliphatic rings. The summed E-state index contributed by atoms with van der Waals surface area (Å²) in [7, 11) is -1.80.